The molecular formula is C12H20N2O4. The van der Waals surface area contributed by atoms with Crippen LogP contribution in [0.4, 0.5) is 0 Å². The van der Waals surface area contributed by atoms with Crippen LogP contribution in [0.1, 0.15) is 13.3 Å². The van der Waals surface area contributed by atoms with Crippen LogP contribution in [-0.4, -0.2) is 60.8 Å². The average molecular weight is 256 g/mol. The minimum Gasteiger partial charge on any atom is -0.481 e. The molecule has 2 N–H and O–H groups in total. The van der Waals surface area contributed by atoms with Gasteiger partial charge in [0.25, 0.3) is 0 Å². The van der Waals surface area contributed by atoms with E-state index in [1.54, 1.807) is 0 Å². The molecule has 102 valence electrons. The molecule has 1 saturated carbocycles. The van der Waals surface area contributed by atoms with E-state index in [9.17, 15) is 9.59 Å². The van der Waals surface area contributed by atoms with Crippen molar-refractivity contribution in [3.05, 3.63) is 0 Å². The predicted molar refractivity (Wildman–Crippen MR) is 64.1 cm³/mol. The first-order valence-corrected chi connectivity index (χ1v) is 6.46. The Morgan fingerprint density at radius 2 is 2.22 bits per heavy atom. The van der Waals surface area contributed by atoms with E-state index in [1.807, 2.05) is 0 Å². The fraction of sp³-hybridized carbons (Fsp3) is 0.833. The number of carbonyl (C=O) groups is 2. The number of hydrogen-bond acceptors (Lipinski definition) is 4. The maximum Gasteiger partial charge on any atom is 0.307 e. The highest BCUT2D eigenvalue weighted by atomic mass is 16.5. The second kappa shape index (κ2) is 5.67. The standard InChI is InChI=1S/C12H20N2O4/c1-2-14-3-4-18-8(7-14)6-13-11(15)9-5-10(9)12(16)17/h8-10H,2-7H2,1H3,(H,13,15)(H,16,17)/t8?,9-,10+/m1/s1. The van der Waals surface area contributed by atoms with E-state index in [0.717, 1.165) is 19.6 Å². The third kappa shape index (κ3) is 3.20. The summed E-state index contributed by atoms with van der Waals surface area (Å²) in [6.45, 7) is 6.00. The zero-order valence-corrected chi connectivity index (χ0v) is 10.6. The lowest BCUT2D eigenvalue weighted by atomic mass is 10.2. The van der Waals surface area contributed by atoms with Crippen LogP contribution in [-0.2, 0) is 14.3 Å². The molecule has 0 aromatic carbocycles. The van der Waals surface area contributed by atoms with Crippen LogP contribution in [0.2, 0.25) is 0 Å². The Morgan fingerprint density at radius 3 is 2.83 bits per heavy atom. The van der Waals surface area contributed by atoms with Crippen molar-refractivity contribution in [2.45, 2.75) is 19.4 Å². The lowest BCUT2D eigenvalue weighted by Gasteiger charge is -2.32. The summed E-state index contributed by atoms with van der Waals surface area (Å²) >= 11 is 0. The largest absolute Gasteiger partial charge is 0.481 e. The summed E-state index contributed by atoms with van der Waals surface area (Å²) in [7, 11) is 0. The number of hydrogen-bond donors (Lipinski definition) is 2. The van der Waals surface area contributed by atoms with Gasteiger partial charge in [0, 0.05) is 19.6 Å². The molecule has 6 heteroatoms. The molecule has 1 heterocycles. The minimum atomic E-state index is -0.874. The molecule has 18 heavy (non-hydrogen) atoms. The first-order valence-electron chi connectivity index (χ1n) is 6.46. The van der Waals surface area contributed by atoms with Gasteiger partial charge in [-0.05, 0) is 13.0 Å². The lowest BCUT2D eigenvalue weighted by Crippen LogP contribution is -2.47. The third-order valence-electron chi connectivity index (χ3n) is 3.62. The highest BCUT2D eigenvalue weighted by molar-refractivity contribution is 5.89. The summed E-state index contributed by atoms with van der Waals surface area (Å²) < 4.78 is 5.56. The van der Waals surface area contributed by atoms with Crippen LogP contribution < -0.4 is 5.32 Å². The maximum atomic E-state index is 11.7. The number of morpholine rings is 1. The van der Waals surface area contributed by atoms with Gasteiger partial charge in [-0.3, -0.25) is 14.5 Å². The normalized spacial score (nSPS) is 31.9. The van der Waals surface area contributed by atoms with Gasteiger partial charge in [-0.25, -0.2) is 0 Å². The number of amides is 1. The van der Waals surface area contributed by atoms with E-state index >= 15 is 0 Å². The minimum absolute atomic E-state index is 0.0182. The number of ether oxygens (including phenoxy) is 1. The fourth-order valence-corrected chi connectivity index (χ4v) is 2.29. The molecule has 2 rings (SSSR count). The van der Waals surface area contributed by atoms with Crippen molar-refractivity contribution in [2.24, 2.45) is 11.8 Å². The van der Waals surface area contributed by atoms with E-state index in [0.29, 0.717) is 19.6 Å². The van der Waals surface area contributed by atoms with Crippen LogP contribution in [0.3, 0.4) is 0 Å². The first kappa shape index (κ1) is 13.3. The Bertz CT molecular complexity index is 334. The zero-order valence-electron chi connectivity index (χ0n) is 10.6. The van der Waals surface area contributed by atoms with E-state index < -0.39 is 11.9 Å². The Kier molecular flexibility index (Phi) is 4.19. The predicted octanol–water partition coefficient (Wildman–Crippen LogP) is -0.456. The number of rotatable bonds is 5. The second-order valence-corrected chi connectivity index (χ2v) is 4.92. The number of aliphatic carboxylic acids is 1. The maximum absolute atomic E-state index is 11.7. The van der Waals surface area contributed by atoms with Crippen LogP contribution in [0.5, 0.6) is 0 Å². The molecule has 0 aromatic heterocycles. The molecule has 3 atom stereocenters. The number of carboxylic acids is 1. The van der Waals surface area contributed by atoms with Gasteiger partial charge in [-0.1, -0.05) is 6.92 Å². The first-order chi connectivity index (χ1) is 8.61. The van der Waals surface area contributed by atoms with Gasteiger partial charge in [0.1, 0.15) is 0 Å². The van der Waals surface area contributed by atoms with Gasteiger partial charge >= 0.3 is 5.97 Å². The fourth-order valence-electron chi connectivity index (χ4n) is 2.29. The van der Waals surface area contributed by atoms with Crippen LogP contribution >= 0.6 is 0 Å². The van der Waals surface area contributed by atoms with Crippen molar-refractivity contribution in [2.75, 3.05) is 32.8 Å². The van der Waals surface area contributed by atoms with Crippen molar-refractivity contribution >= 4 is 11.9 Å². The number of nitrogens with zero attached hydrogens (tertiary/aromatic N) is 1. The van der Waals surface area contributed by atoms with E-state index in [1.165, 1.54) is 0 Å². The summed E-state index contributed by atoms with van der Waals surface area (Å²) in [6, 6.07) is 0. The van der Waals surface area contributed by atoms with Crippen molar-refractivity contribution in [3.8, 4) is 0 Å². The van der Waals surface area contributed by atoms with E-state index in [-0.39, 0.29) is 17.9 Å². The third-order valence-corrected chi connectivity index (χ3v) is 3.62. The molecule has 0 bridgehead atoms. The topological polar surface area (TPSA) is 78.9 Å². The lowest BCUT2D eigenvalue weighted by molar-refractivity contribution is -0.140. The molecule has 1 saturated heterocycles. The summed E-state index contributed by atoms with van der Waals surface area (Å²) in [4.78, 5) is 24.6. The SMILES string of the molecule is CCN1CCOC(CNC(=O)[C@@H]2C[C@@H]2C(=O)O)C1. The van der Waals surface area contributed by atoms with Crippen molar-refractivity contribution < 1.29 is 19.4 Å². The van der Waals surface area contributed by atoms with Crippen LogP contribution in [0.15, 0.2) is 0 Å². The van der Waals surface area contributed by atoms with Gasteiger partial charge in [-0.2, -0.15) is 0 Å². The molecule has 1 aliphatic heterocycles. The smallest absolute Gasteiger partial charge is 0.307 e. The van der Waals surface area contributed by atoms with Crippen molar-refractivity contribution in [3.63, 3.8) is 0 Å². The van der Waals surface area contributed by atoms with Crippen molar-refractivity contribution in [1.29, 1.82) is 0 Å². The molecule has 0 aromatic rings. The molecule has 2 fully saturated rings. The molecule has 1 unspecified atom stereocenters. The highest BCUT2D eigenvalue weighted by Crippen LogP contribution is 2.38. The Labute approximate surface area is 106 Å². The van der Waals surface area contributed by atoms with E-state index in [2.05, 4.69) is 17.1 Å². The summed E-state index contributed by atoms with van der Waals surface area (Å²) in [6.07, 6.45) is 0.484. The highest BCUT2D eigenvalue weighted by Gasteiger charge is 2.48. The molecule has 6 nitrogen and oxygen atoms in total. The van der Waals surface area contributed by atoms with Crippen molar-refractivity contribution in [1.82, 2.24) is 10.2 Å². The molecule has 0 spiro atoms. The Balaban J connectivity index is 1.69. The zero-order chi connectivity index (χ0) is 13.1. The summed E-state index contributed by atoms with van der Waals surface area (Å²) in [5.74, 6) is -1.85. The second-order valence-electron chi connectivity index (χ2n) is 4.92. The summed E-state index contributed by atoms with van der Waals surface area (Å²) in [5, 5.41) is 11.5. The Hall–Kier alpha value is -1.14. The average Bonchev–Trinajstić information content (AvgIpc) is 3.16. The van der Waals surface area contributed by atoms with E-state index in [4.69, 9.17) is 9.84 Å². The van der Waals surface area contributed by atoms with Gasteiger partial charge < -0.3 is 15.2 Å². The van der Waals surface area contributed by atoms with Gasteiger partial charge in [0.05, 0.1) is 24.5 Å². The molecule has 2 aliphatic rings. The van der Waals surface area contributed by atoms with Gasteiger partial charge in [0.15, 0.2) is 0 Å². The molecule has 1 amide bonds. The van der Waals surface area contributed by atoms with Gasteiger partial charge in [0.2, 0.25) is 5.91 Å². The molecular weight excluding hydrogens is 236 g/mol. The molecule has 0 radical (unpaired) electrons. The monoisotopic (exact) mass is 256 g/mol. The number of likely N-dealkylation sites (N-methyl/N-ethyl adjacent to an activating group) is 1. The quantitative estimate of drug-likeness (QED) is 0.696. The van der Waals surface area contributed by atoms with Crippen LogP contribution in [0, 0.1) is 11.8 Å². The van der Waals surface area contributed by atoms with Gasteiger partial charge in [-0.15, -0.1) is 0 Å². The Morgan fingerprint density at radius 1 is 1.44 bits per heavy atom. The molecule has 1 aliphatic carbocycles. The summed E-state index contributed by atoms with van der Waals surface area (Å²) in [5.41, 5.74) is 0. The van der Waals surface area contributed by atoms with Crippen LogP contribution in [0.25, 0.3) is 0 Å². The number of carboxylic acid groups (broad SMARTS) is 1. The number of carbonyl (C=O) groups excluding carboxylic acids is 1. The number of nitrogens with one attached hydrogen (secondary N) is 1.